The first-order valence-electron chi connectivity index (χ1n) is 8.20. The first kappa shape index (κ1) is 17.8. The fourth-order valence-corrected chi connectivity index (χ4v) is 3.33. The summed E-state index contributed by atoms with van der Waals surface area (Å²) in [6.45, 7) is 17.2. The van der Waals surface area contributed by atoms with Gasteiger partial charge in [-0.25, -0.2) is 0 Å². The topological polar surface area (TPSA) is 20.2 Å². The van der Waals surface area contributed by atoms with Crippen LogP contribution in [0.1, 0.15) is 83.9 Å². The van der Waals surface area contributed by atoms with Crippen molar-refractivity contribution in [2.45, 2.75) is 78.1 Å². The molecule has 21 heavy (non-hydrogen) atoms. The van der Waals surface area contributed by atoms with E-state index < -0.39 is 0 Å². The van der Waals surface area contributed by atoms with E-state index in [9.17, 15) is 5.11 Å². The summed E-state index contributed by atoms with van der Waals surface area (Å²) in [6, 6.07) is 4.20. The highest BCUT2D eigenvalue weighted by Gasteiger charge is 2.30. The Morgan fingerprint density at radius 1 is 0.952 bits per heavy atom. The third kappa shape index (κ3) is 3.90. The summed E-state index contributed by atoms with van der Waals surface area (Å²) in [7, 11) is 0. The van der Waals surface area contributed by atoms with E-state index in [1.807, 2.05) is 6.08 Å². The lowest BCUT2D eigenvalue weighted by molar-refractivity contribution is 0.388. The zero-order valence-corrected chi connectivity index (χ0v) is 14.7. The van der Waals surface area contributed by atoms with Crippen molar-refractivity contribution in [3.63, 3.8) is 0 Å². The van der Waals surface area contributed by atoms with Crippen molar-refractivity contribution in [2.75, 3.05) is 0 Å². The fourth-order valence-electron chi connectivity index (χ4n) is 3.33. The normalized spacial score (nSPS) is 12.5. The Bertz CT molecular complexity index is 456. The van der Waals surface area contributed by atoms with Gasteiger partial charge in [0, 0.05) is 11.1 Å². The second-order valence-corrected chi connectivity index (χ2v) is 7.44. The number of phenols is 1. The summed E-state index contributed by atoms with van der Waals surface area (Å²) < 4.78 is 0. The predicted molar refractivity (Wildman–Crippen MR) is 94.1 cm³/mol. The van der Waals surface area contributed by atoms with Crippen molar-refractivity contribution in [3.8, 4) is 5.75 Å². The predicted octanol–water partition coefficient (Wildman–Crippen LogP) is 6.19. The SMILES string of the molecule is C=Cc1cc(C(C)(C)CCC)c(O)c(C(C)(C)CCC)c1. The highest BCUT2D eigenvalue weighted by Crippen LogP contribution is 2.43. The van der Waals surface area contributed by atoms with Gasteiger partial charge in [-0.1, -0.05) is 67.0 Å². The molecule has 0 saturated heterocycles. The second-order valence-electron chi connectivity index (χ2n) is 7.44. The molecule has 1 aromatic carbocycles. The molecule has 1 aromatic rings. The van der Waals surface area contributed by atoms with E-state index in [2.05, 4.69) is 60.3 Å². The summed E-state index contributed by atoms with van der Waals surface area (Å²) >= 11 is 0. The summed E-state index contributed by atoms with van der Waals surface area (Å²) in [4.78, 5) is 0. The van der Waals surface area contributed by atoms with Crippen LogP contribution >= 0.6 is 0 Å². The Balaban J connectivity index is 3.51. The number of benzene rings is 1. The van der Waals surface area contributed by atoms with Gasteiger partial charge in [-0.15, -0.1) is 0 Å². The summed E-state index contributed by atoms with van der Waals surface area (Å²) in [5.41, 5.74) is 3.18. The Labute approximate surface area is 131 Å². The molecule has 0 amide bonds. The molecule has 0 bridgehead atoms. The molecule has 0 unspecified atom stereocenters. The van der Waals surface area contributed by atoms with Crippen LogP contribution in [0, 0.1) is 0 Å². The van der Waals surface area contributed by atoms with Crippen molar-refractivity contribution in [1.82, 2.24) is 0 Å². The number of phenolic OH excluding ortho intramolecular Hbond substituents is 1. The first-order chi connectivity index (χ1) is 9.69. The number of hydrogen-bond acceptors (Lipinski definition) is 1. The van der Waals surface area contributed by atoms with Gasteiger partial charge in [0.2, 0.25) is 0 Å². The van der Waals surface area contributed by atoms with Gasteiger partial charge in [0.25, 0.3) is 0 Å². The average Bonchev–Trinajstić information content (AvgIpc) is 2.38. The van der Waals surface area contributed by atoms with Gasteiger partial charge in [0.15, 0.2) is 0 Å². The smallest absolute Gasteiger partial charge is 0.123 e. The summed E-state index contributed by atoms with van der Waals surface area (Å²) in [6.07, 6.45) is 6.23. The van der Waals surface area contributed by atoms with Crippen LogP contribution in [-0.2, 0) is 10.8 Å². The van der Waals surface area contributed by atoms with Crippen LogP contribution < -0.4 is 0 Å². The zero-order valence-electron chi connectivity index (χ0n) is 14.7. The number of aromatic hydroxyl groups is 1. The Kier molecular flexibility index (Phi) is 5.67. The Morgan fingerprint density at radius 3 is 1.62 bits per heavy atom. The molecular formula is C20H32O. The molecule has 0 aliphatic carbocycles. The van der Waals surface area contributed by atoms with Crippen molar-refractivity contribution in [3.05, 3.63) is 35.4 Å². The highest BCUT2D eigenvalue weighted by atomic mass is 16.3. The molecule has 0 saturated carbocycles. The first-order valence-corrected chi connectivity index (χ1v) is 8.20. The largest absolute Gasteiger partial charge is 0.507 e. The van der Waals surface area contributed by atoms with Crippen LogP contribution in [-0.4, -0.2) is 5.11 Å². The summed E-state index contributed by atoms with van der Waals surface area (Å²) in [5, 5.41) is 10.9. The van der Waals surface area contributed by atoms with Crippen molar-refractivity contribution < 1.29 is 5.11 Å². The van der Waals surface area contributed by atoms with Gasteiger partial charge < -0.3 is 5.11 Å². The lowest BCUT2D eigenvalue weighted by Crippen LogP contribution is -2.22. The molecule has 0 radical (unpaired) electrons. The molecule has 0 atom stereocenters. The monoisotopic (exact) mass is 288 g/mol. The molecule has 1 rings (SSSR count). The molecule has 1 nitrogen and oxygen atoms in total. The Hall–Kier alpha value is -1.24. The third-order valence-electron chi connectivity index (χ3n) is 4.58. The zero-order chi connectivity index (χ0) is 16.3. The van der Waals surface area contributed by atoms with Gasteiger partial charge in [-0.2, -0.15) is 0 Å². The van der Waals surface area contributed by atoms with Gasteiger partial charge in [-0.3, -0.25) is 0 Å². The maximum Gasteiger partial charge on any atom is 0.123 e. The Morgan fingerprint density at radius 2 is 1.33 bits per heavy atom. The third-order valence-corrected chi connectivity index (χ3v) is 4.58. The molecule has 0 aromatic heterocycles. The molecule has 0 spiro atoms. The van der Waals surface area contributed by atoms with Gasteiger partial charge in [-0.05, 0) is 41.4 Å². The van der Waals surface area contributed by atoms with Gasteiger partial charge in [0.05, 0.1) is 0 Å². The van der Waals surface area contributed by atoms with E-state index in [1.165, 1.54) is 0 Å². The number of hydrogen-bond donors (Lipinski definition) is 1. The molecule has 0 heterocycles. The van der Waals surface area contributed by atoms with Crippen LogP contribution in [0.5, 0.6) is 5.75 Å². The average molecular weight is 288 g/mol. The second kappa shape index (κ2) is 6.68. The minimum atomic E-state index is -0.0190. The van der Waals surface area contributed by atoms with Crippen LogP contribution in [0.2, 0.25) is 0 Å². The van der Waals surface area contributed by atoms with Crippen LogP contribution in [0.3, 0.4) is 0 Å². The lowest BCUT2D eigenvalue weighted by atomic mass is 9.73. The molecule has 118 valence electrons. The lowest BCUT2D eigenvalue weighted by Gasteiger charge is -2.32. The van der Waals surface area contributed by atoms with Crippen LogP contribution in [0.4, 0.5) is 0 Å². The maximum atomic E-state index is 10.9. The molecule has 0 aliphatic rings. The maximum absolute atomic E-state index is 10.9. The van der Waals surface area contributed by atoms with E-state index in [4.69, 9.17) is 0 Å². The van der Waals surface area contributed by atoms with Crippen molar-refractivity contribution in [1.29, 1.82) is 0 Å². The minimum Gasteiger partial charge on any atom is -0.507 e. The van der Waals surface area contributed by atoms with Crippen LogP contribution in [0.15, 0.2) is 18.7 Å². The minimum absolute atomic E-state index is 0.0190. The van der Waals surface area contributed by atoms with Crippen LogP contribution in [0.25, 0.3) is 6.08 Å². The van der Waals surface area contributed by atoms with Crippen molar-refractivity contribution >= 4 is 6.08 Å². The van der Waals surface area contributed by atoms with E-state index in [-0.39, 0.29) is 10.8 Å². The number of rotatable bonds is 7. The van der Waals surface area contributed by atoms with E-state index >= 15 is 0 Å². The van der Waals surface area contributed by atoms with Crippen molar-refractivity contribution in [2.24, 2.45) is 0 Å². The van der Waals surface area contributed by atoms with E-state index in [0.29, 0.717) is 5.75 Å². The quantitative estimate of drug-likeness (QED) is 0.634. The molecule has 1 heteroatoms. The van der Waals surface area contributed by atoms with E-state index in [0.717, 1.165) is 42.4 Å². The van der Waals surface area contributed by atoms with Gasteiger partial charge in [0.1, 0.15) is 5.75 Å². The highest BCUT2D eigenvalue weighted by molar-refractivity contribution is 5.58. The van der Waals surface area contributed by atoms with E-state index in [1.54, 1.807) is 0 Å². The standard InChI is InChI=1S/C20H32O/c1-8-11-19(4,5)16-13-15(10-3)14-17(18(16)21)20(6,7)12-9-2/h10,13-14,21H,3,8-9,11-12H2,1-2,4-7H3. The molecule has 1 N–H and O–H groups in total. The molecule has 0 aliphatic heterocycles. The molecular weight excluding hydrogens is 256 g/mol. The fraction of sp³-hybridized carbons (Fsp3) is 0.600. The van der Waals surface area contributed by atoms with Gasteiger partial charge >= 0.3 is 0 Å². The summed E-state index contributed by atoms with van der Waals surface area (Å²) in [5.74, 6) is 0.484. The molecule has 0 fully saturated rings.